The highest BCUT2D eigenvalue weighted by atomic mass is 16.6. The van der Waals surface area contributed by atoms with Gasteiger partial charge in [0, 0.05) is 13.1 Å². The largest absolute Gasteiger partial charge is 0.481 e. The number of piperidine rings is 1. The molecule has 1 rings (SSSR count). The fourth-order valence-corrected chi connectivity index (χ4v) is 2.10. The second-order valence-electron chi connectivity index (χ2n) is 5.31. The third-order valence-electron chi connectivity index (χ3n) is 3.87. The minimum absolute atomic E-state index is 0.139. The molecular weight excluding hydrogens is 250 g/mol. The number of carbonyl (C=O) groups excluding carboxylic acids is 1. The van der Waals surface area contributed by atoms with Crippen LogP contribution in [0.4, 0.5) is 4.79 Å². The first-order valence-electron chi connectivity index (χ1n) is 6.23. The SMILES string of the molecule is C=CCOC(=O)N1CCC(O)(C(C)(C)C(=O)O)CC1. The lowest BCUT2D eigenvalue weighted by molar-refractivity contribution is -0.170. The van der Waals surface area contributed by atoms with Crippen molar-refractivity contribution in [3.63, 3.8) is 0 Å². The van der Waals surface area contributed by atoms with Crippen molar-refractivity contribution in [2.75, 3.05) is 19.7 Å². The normalized spacial score (nSPS) is 18.8. The molecule has 0 aromatic carbocycles. The maximum Gasteiger partial charge on any atom is 0.410 e. The smallest absolute Gasteiger partial charge is 0.410 e. The van der Waals surface area contributed by atoms with Gasteiger partial charge < -0.3 is 19.8 Å². The number of aliphatic hydroxyl groups is 1. The van der Waals surface area contributed by atoms with Gasteiger partial charge in [0.1, 0.15) is 6.61 Å². The molecule has 19 heavy (non-hydrogen) atoms. The second kappa shape index (κ2) is 5.61. The van der Waals surface area contributed by atoms with Crippen molar-refractivity contribution in [1.82, 2.24) is 4.90 Å². The van der Waals surface area contributed by atoms with Crippen molar-refractivity contribution in [3.05, 3.63) is 12.7 Å². The highest BCUT2D eigenvalue weighted by molar-refractivity contribution is 5.75. The predicted octanol–water partition coefficient (Wildman–Crippen LogP) is 1.25. The summed E-state index contributed by atoms with van der Waals surface area (Å²) in [4.78, 5) is 24.3. The first-order chi connectivity index (χ1) is 8.74. The summed E-state index contributed by atoms with van der Waals surface area (Å²) in [6.07, 6.45) is 1.45. The minimum atomic E-state index is -1.31. The van der Waals surface area contributed by atoms with Gasteiger partial charge in [-0.3, -0.25) is 4.79 Å². The maximum absolute atomic E-state index is 11.6. The zero-order chi connectivity index (χ0) is 14.7. The number of carbonyl (C=O) groups is 2. The van der Waals surface area contributed by atoms with E-state index in [0.717, 1.165) is 0 Å². The number of rotatable bonds is 4. The topological polar surface area (TPSA) is 87.1 Å². The molecule has 6 nitrogen and oxygen atoms in total. The third kappa shape index (κ3) is 3.07. The van der Waals surface area contributed by atoms with Crippen molar-refractivity contribution in [3.8, 4) is 0 Å². The molecule has 0 unspecified atom stereocenters. The van der Waals surface area contributed by atoms with Gasteiger partial charge in [-0.15, -0.1) is 0 Å². The van der Waals surface area contributed by atoms with Crippen LogP contribution in [0.15, 0.2) is 12.7 Å². The van der Waals surface area contributed by atoms with E-state index in [9.17, 15) is 19.8 Å². The van der Waals surface area contributed by atoms with E-state index < -0.39 is 23.1 Å². The van der Waals surface area contributed by atoms with Gasteiger partial charge in [0.25, 0.3) is 0 Å². The number of hydrogen-bond acceptors (Lipinski definition) is 4. The quantitative estimate of drug-likeness (QED) is 0.751. The Bertz CT molecular complexity index is 369. The summed E-state index contributed by atoms with van der Waals surface area (Å²) in [7, 11) is 0. The Morgan fingerprint density at radius 1 is 1.42 bits per heavy atom. The monoisotopic (exact) mass is 271 g/mol. The van der Waals surface area contributed by atoms with Crippen LogP contribution in [-0.4, -0.2) is 52.5 Å². The van der Waals surface area contributed by atoms with Gasteiger partial charge >= 0.3 is 12.1 Å². The number of aliphatic carboxylic acids is 1. The predicted molar refractivity (Wildman–Crippen MR) is 68.7 cm³/mol. The van der Waals surface area contributed by atoms with E-state index in [1.165, 1.54) is 24.8 Å². The standard InChI is InChI=1S/C13H21NO5/c1-4-9-19-11(17)14-7-5-13(18,6-8-14)12(2,3)10(15)16/h4,18H,1,5-9H2,2-3H3,(H,15,16). The molecule has 0 saturated carbocycles. The van der Waals surface area contributed by atoms with E-state index in [4.69, 9.17) is 4.74 Å². The number of hydrogen-bond donors (Lipinski definition) is 2. The molecule has 0 aromatic rings. The molecule has 1 saturated heterocycles. The van der Waals surface area contributed by atoms with Crippen LogP contribution in [0.1, 0.15) is 26.7 Å². The van der Waals surface area contributed by atoms with E-state index in [1.807, 2.05) is 0 Å². The Kier molecular flexibility index (Phi) is 4.57. The molecule has 0 bridgehead atoms. The number of carboxylic acid groups (broad SMARTS) is 1. The second-order valence-corrected chi connectivity index (χ2v) is 5.31. The average molecular weight is 271 g/mol. The van der Waals surface area contributed by atoms with Crippen LogP contribution in [0.3, 0.4) is 0 Å². The van der Waals surface area contributed by atoms with Crippen molar-refractivity contribution in [1.29, 1.82) is 0 Å². The molecule has 0 atom stereocenters. The summed E-state index contributed by atoms with van der Waals surface area (Å²) >= 11 is 0. The van der Waals surface area contributed by atoms with Gasteiger partial charge in [0.05, 0.1) is 11.0 Å². The molecule has 1 fully saturated rings. The molecule has 1 amide bonds. The maximum atomic E-state index is 11.6. The van der Waals surface area contributed by atoms with Crippen LogP contribution < -0.4 is 0 Å². The number of carboxylic acids is 1. The summed E-state index contributed by atoms with van der Waals surface area (Å²) < 4.78 is 4.90. The van der Waals surface area contributed by atoms with Crippen molar-refractivity contribution < 1.29 is 24.5 Å². The molecular formula is C13H21NO5. The fourth-order valence-electron chi connectivity index (χ4n) is 2.10. The molecule has 2 N–H and O–H groups in total. The van der Waals surface area contributed by atoms with Crippen LogP contribution in [0.5, 0.6) is 0 Å². The summed E-state index contributed by atoms with van der Waals surface area (Å²) in [5.74, 6) is -1.04. The van der Waals surface area contributed by atoms with Crippen LogP contribution in [0, 0.1) is 5.41 Å². The molecule has 1 aliphatic heterocycles. The number of nitrogens with zero attached hydrogens (tertiary/aromatic N) is 1. The van der Waals surface area contributed by atoms with Gasteiger partial charge in [-0.1, -0.05) is 12.7 Å². The molecule has 108 valence electrons. The lowest BCUT2D eigenvalue weighted by Crippen LogP contribution is -2.56. The molecule has 0 aromatic heterocycles. The summed E-state index contributed by atoms with van der Waals surface area (Å²) in [6, 6.07) is 0. The molecule has 1 heterocycles. The number of ether oxygens (including phenoxy) is 1. The minimum Gasteiger partial charge on any atom is -0.481 e. The van der Waals surface area contributed by atoms with E-state index >= 15 is 0 Å². The van der Waals surface area contributed by atoms with Gasteiger partial charge in [-0.2, -0.15) is 0 Å². The summed E-state index contributed by atoms with van der Waals surface area (Å²) in [5.41, 5.74) is -2.56. The summed E-state index contributed by atoms with van der Waals surface area (Å²) in [6.45, 7) is 7.15. The fraction of sp³-hybridized carbons (Fsp3) is 0.692. The van der Waals surface area contributed by atoms with Crippen molar-refractivity contribution in [2.45, 2.75) is 32.3 Å². The Morgan fingerprint density at radius 2 is 1.95 bits per heavy atom. The zero-order valence-electron chi connectivity index (χ0n) is 11.4. The number of amides is 1. The van der Waals surface area contributed by atoms with Crippen LogP contribution in [0.2, 0.25) is 0 Å². The van der Waals surface area contributed by atoms with Gasteiger partial charge in [-0.05, 0) is 26.7 Å². The van der Waals surface area contributed by atoms with Gasteiger partial charge in [0.2, 0.25) is 0 Å². The molecule has 0 spiro atoms. The Morgan fingerprint density at radius 3 is 2.37 bits per heavy atom. The molecule has 6 heteroatoms. The Hall–Kier alpha value is -1.56. The Labute approximate surface area is 112 Å². The zero-order valence-corrected chi connectivity index (χ0v) is 11.4. The van der Waals surface area contributed by atoms with E-state index in [-0.39, 0.29) is 32.5 Å². The lowest BCUT2D eigenvalue weighted by atomic mass is 9.69. The Balaban J connectivity index is 2.64. The third-order valence-corrected chi connectivity index (χ3v) is 3.87. The highest BCUT2D eigenvalue weighted by Crippen LogP contribution is 2.39. The van der Waals surface area contributed by atoms with Crippen LogP contribution >= 0.6 is 0 Å². The lowest BCUT2D eigenvalue weighted by Gasteiger charge is -2.45. The molecule has 0 radical (unpaired) electrons. The van der Waals surface area contributed by atoms with Crippen molar-refractivity contribution >= 4 is 12.1 Å². The van der Waals surface area contributed by atoms with Gasteiger partial charge in [-0.25, -0.2) is 4.79 Å². The summed E-state index contributed by atoms with van der Waals surface area (Å²) in [5, 5.41) is 19.6. The van der Waals surface area contributed by atoms with E-state index in [0.29, 0.717) is 0 Å². The number of likely N-dealkylation sites (tertiary alicyclic amines) is 1. The van der Waals surface area contributed by atoms with Crippen molar-refractivity contribution in [2.24, 2.45) is 5.41 Å². The first-order valence-corrected chi connectivity index (χ1v) is 6.23. The molecule has 1 aliphatic rings. The van der Waals surface area contributed by atoms with Crippen LogP contribution in [0.25, 0.3) is 0 Å². The van der Waals surface area contributed by atoms with Crippen LogP contribution in [-0.2, 0) is 9.53 Å². The van der Waals surface area contributed by atoms with E-state index in [1.54, 1.807) is 0 Å². The van der Waals surface area contributed by atoms with Gasteiger partial charge in [0.15, 0.2) is 0 Å². The highest BCUT2D eigenvalue weighted by Gasteiger charge is 2.50. The molecule has 0 aliphatic carbocycles. The average Bonchev–Trinajstić information content (AvgIpc) is 2.36. The first kappa shape index (κ1) is 15.5. The van der Waals surface area contributed by atoms with E-state index in [2.05, 4.69) is 6.58 Å².